The van der Waals surface area contributed by atoms with E-state index in [4.69, 9.17) is 0 Å². The van der Waals surface area contributed by atoms with E-state index in [9.17, 15) is 0 Å². The minimum absolute atomic E-state index is 0.187. The monoisotopic (exact) mass is 644 g/mol. The first-order valence-corrected chi connectivity index (χ1v) is 17.1. The summed E-state index contributed by atoms with van der Waals surface area (Å²) in [6, 6.07) is 55.5. The summed E-state index contributed by atoms with van der Waals surface area (Å²) in [5, 5.41) is 0. The van der Waals surface area contributed by atoms with Crippen LogP contribution in [0.5, 0.6) is 0 Å². The van der Waals surface area contributed by atoms with Crippen molar-refractivity contribution in [1.82, 2.24) is 0 Å². The molecule has 0 radical (unpaired) electrons. The molecule has 0 heterocycles. The molecule has 0 aliphatic heterocycles. The normalized spacial score (nSPS) is 12.8. The van der Waals surface area contributed by atoms with Crippen LogP contribution in [0.4, 0.5) is 28.4 Å². The minimum atomic E-state index is -0.187. The molecule has 242 valence electrons. The predicted molar refractivity (Wildman–Crippen MR) is 213 cm³/mol. The topological polar surface area (TPSA) is 6.48 Å². The highest BCUT2D eigenvalue weighted by molar-refractivity contribution is 5.86. The van der Waals surface area contributed by atoms with Crippen LogP contribution in [-0.2, 0) is 5.41 Å². The molecular weight excluding hydrogens is 605 g/mol. The van der Waals surface area contributed by atoms with Crippen LogP contribution in [0.2, 0.25) is 0 Å². The number of hydrogen-bond donors (Lipinski definition) is 0. The van der Waals surface area contributed by atoms with Gasteiger partial charge in [0.15, 0.2) is 0 Å². The Balaban J connectivity index is 1.15. The van der Waals surface area contributed by atoms with Crippen LogP contribution in [0, 0.1) is 11.8 Å². The molecule has 0 aromatic heterocycles. The fourth-order valence-electron chi connectivity index (χ4n) is 6.82. The summed E-state index contributed by atoms with van der Waals surface area (Å²) in [7, 11) is 0. The zero-order valence-electron chi connectivity index (χ0n) is 28.8. The second-order valence-corrected chi connectivity index (χ2v) is 13.0. The van der Waals surface area contributed by atoms with E-state index in [0.717, 1.165) is 45.3 Å². The van der Waals surface area contributed by atoms with Crippen LogP contribution in [-0.4, -0.2) is 0 Å². The van der Waals surface area contributed by atoms with E-state index in [1.54, 1.807) is 0 Å². The number of rotatable bonds is 8. The fraction of sp³-hybridized carbons (Fsp3) is 0.0833. The molecule has 0 unspecified atom stereocenters. The number of allylic oxidation sites excluding steroid dienone is 4. The van der Waals surface area contributed by atoms with Crippen molar-refractivity contribution in [3.8, 4) is 23.0 Å². The molecule has 0 N–H and O–H groups in total. The Morgan fingerprint density at radius 2 is 1.04 bits per heavy atom. The number of benzene rings is 6. The van der Waals surface area contributed by atoms with Crippen molar-refractivity contribution >= 4 is 28.4 Å². The van der Waals surface area contributed by atoms with E-state index < -0.39 is 0 Å². The van der Waals surface area contributed by atoms with Gasteiger partial charge in [0.25, 0.3) is 0 Å². The Hall–Kier alpha value is -6.30. The van der Waals surface area contributed by atoms with E-state index in [1.807, 2.05) is 18.2 Å². The van der Waals surface area contributed by atoms with Gasteiger partial charge in [0.1, 0.15) is 0 Å². The number of nitrogens with zero attached hydrogens (tertiary/aromatic N) is 2. The second kappa shape index (κ2) is 14.0. The molecule has 0 bridgehead atoms. The van der Waals surface area contributed by atoms with E-state index in [-0.39, 0.29) is 5.41 Å². The number of hydrogen-bond acceptors (Lipinski definition) is 2. The first-order chi connectivity index (χ1) is 24.4. The second-order valence-electron chi connectivity index (χ2n) is 13.0. The van der Waals surface area contributed by atoms with Crippen molar-refractivity contribution in [3.63, 3.8) is 0 Å². The summed E-state index contributed by atoms with van der Waals surface area (Å²) in [6.45, 7) is 11.0. The third-order valence-corrected chi connectivity index (χ3v) is 9.35. The van der Waals surface area contributed by atoms with Gasteiger partial charge >= 0.3 is 0 Å². The predicted octanol–water partition coefficient (Wildman–Crippen LogP) is 12.7. The Labute approximate surface area is 297 Å². The van der Waals surface area contributed by atoms with Gasteiger partial charge in [-0.15, -0.1) is 0 Å². The summed E-state index contributed by atoms with van der Waals surface area (Å²) in [4.78, 5) is 4.56. The van der Waals surface area contributed by atoms with Crippen LogP contribution < -0.4 is 9.80 Å². The zero-order valence-corrected chi connectivity index (χ0v) is 28.8. The zero-order chi connectivity index (χ0) is 34.5. The van der Waals surface area contributed by atoms with Gasteiger partial charge in [0.05, 0.1) is 0 Å². The van der Waals surface area contributed by atoms with Gasteiger partial charge in [0.2, 0.25) is 0 Å². The number of para-hydroxylation sites is 4. The molecule has 0 saturated carbocycles. The molecule has 6 aromatic carbocycles. The van der Waals surface area contributed by atoms with Crippen molar-refractivity contribution in [1.29, 1.82) is 0 Å². The van der Waals surface area contributed by atoms with Gasteiger partial charge in [-0.3, -0.25) is 0 Å². The van der Waals surface area contributed by atoms with Crippen LogP contribution in [0.15, 0.2) is 194 Å². The lowest BCUT2D eigenvalue weighted by molar-refractivity contribution is 0.660. The Kier molecular flexibility index (Phi) is 9.06. The molecule has 7 rings (SSSR count). The summed E-state index contributed by atoms with van der Waals surface area (Å²) in [6.07, 6.45) is 6.20. The lowest BCUT2D eigenvalue weighted by Gasteiger charge is -2.28. The molecule has 50 heavy (non-hydrogen) atoms. The van der Waals surface area contributed by atoms with Gasteiger partial charge in [-0.05, 0) is 114 Å². The largest absolute Gasteiger partial charge is 0.311 e. The number of anilines is 5. The first kappa shape index (κ1) is 32.3. The molecule has 1 aliphatic carbocycles. The summed E-state index contributed by atoms with van der Waals surface area (Å²) in [5.74, 6) is 6.72. The van der Waals surface area contributed by atoms with Gasteiger partial charge in [-0.2, -0.15) is 0 Å². The van der Waals surface area contributed by atoms with Gasteiger partial charge in [0, 0.05) is 50.7 Å². The Morgan fingerprint density at radius 3 is 1.56 bits per heavy atom. The molecule has 0 saturated heterocycles. The molecule has 1 aliphatic rings. The molecule has 2 heteroatoms. The quantitative estimate of drug-likeness (QED) is 0.120. The summed E-state index contributed by atoms with van der Waals surface area (Å²) < 4.78 is 0. The lowest BCUT2D eigenvalue weighted by Crippen LogP contribution is -2.16. The fourth-order valence-corrected chi connectivity index (χ4v) is 6.82. The molecular formula is C48H40N2. The van der Waals surface area contributed by atoms with Gasteiger partial charge < -0.3 is 9.80 Å². The molecule has 0 atom stereocenters. The average molecular weight is 645 g/mol. The molecule has 0 amide bonds. The maximum atomic E-state index is 4.28. The Bertz CT molecular complexity index is 2170. The van der Waals surface area contributed by atoms with Crippen LogP contribution >= 0.6 is 0 Å². The molecule has 6 aromatic rings. The van der Waals surface area contributed by atoms with E-state index in [0.29, 0.717) is 0 Å². The summed E-state index contributed by atoms with van der Waals surface area (Å²) >= 11 is 0. The van der Waals surface area contributed by atoms with Crippen molar-refractivity contribution in [2.75, 3.05) is 9.80 Å². The van der Waals surface area contributed by atoms with E-state index in [1.165, 1.54) is 22.3 Å². The maximum absolute atomic E-state index is 4.28. The van der Waals surface area contributed by atoms with E-state index in [2.05, 4.69) is 207 Å². The van der Waals surface area contributed by atoms with Crippen LogP contribution in [0.1, 0.15) is 37.5 Å². The van der Waals surface area contributed by atoms with Crippen molar-refractivity contribution < 1.29 is 0 Å². The standard InChI is InChI=1S/C48H40N2/c1-5-38(49(39-18-10-6-11-19-39)40-20-12-7-13-21-40)30-27-36(2)26-28-37-29-32-44-45-33-31-43(35-47(45)48(3,4)46(44)34-37)50(41-22-14-8-15-23-41)42-24-16-9-17-25-42/h5-25,27,29-35H,2H2,1,3-4H3/b30-27-,38-5+. The van der Waals surface area contributed by atoms with Crippen molar-refractivity contribution in [2.45, 2.75) is 26.2 Å². The van der Waals surface area contributed by atoms with Gasteiger partial charge in [-0.25, -0.2) is 0 Å². The van der Waals surface area contributed by atoms with Crippen LogP contribution in [0.3, 0.4) is 0 Å². The smallest absolute Gasteiger partial charge is 0.0465 e. The van der Waals surface area contributed by atoms with E-state index >= 15 is 0 Å². The highest BCUT2D eigenvalue weighted by atomic mass is 15.1. The lowest BCUT2D eigenvalue weighted by atomic mass is 9.82. The van der Waals surface area contributed by atoms with Crippen molar-refractivity contribution in [2.24, 2.45) is 0 Å². The minimum Gasteiger partial charge on any atom is -0.311 e. The highest BCUT2D eigenvalue weighted by Crippen LogP contribution is 2.50. The summed E-state index contributed by atoms with van der Waals surface area (Å²) in [5.41, 5.74) is 13.3. The maximum Gasteiger partial charge on any atom is 0.0465 e. The van der Waals surface area contributed by atoms with Crippen molar-refractivity contribution in [3.05, 3.63) is 210 Å². The number of fused-ring (bicyclic) bond motifs is 3. The van der Waals surface area contributed by atoms with Crippen LogP contribution in [0.25, 0.3) is 11.1 Å². The molecule has 2 nitrogen and oxygen atoms in total. The first-order valence-electron chi connectivity index (χ1n) is 17.1. The Morgan fingerprint density at radius 1 is 0.560 bits per heavy atom. The third-order valence-electron chi connectivity index (χ3n) is 9.35. The highest BCUT2D eigenvalue weighted by Gasteiger charge is 2.36. The third kappa shape index (κ3) is 6.42. The molecule has 0 fully saturated rings. The average Bonchev–Trinajstić information content (AvgIpc) is 3.39. The SMILES string of the molecule is C=C(C#Cc1ccc2c(c1)C(C)(C)c1cc(N(c3ccccc3)c3ccccc3)ccc1-2)/C=C\C(=C/C)N(c1ccccc1)c1ccccc1. The van der Waals surface area contributed by atoms with Gasteiger partial charge in [-0.1, -0.05) is 123 Å². The molecule has 0 spiro atoms.